The molecule has 0 radical (unpaired) electrons. The number of ether oxygens (including phenoxy) is 3. The quantitative estimate of drug-likeness (QED) is 0.394. The van der Waals surface area contributed by atoms with Crippen molar-refractivity contribution in [3.8, 4) is 17.6 Å². The van der Waals surface area contributed by atoms with Crippen molar-refractivity contribution in [2.75, 3.05) is 34.0 Å². The Morgan fingerprint density at radius 2 is 2.17 bits per heavy atom. The first-order valence-corrected chi connectivity index (χ1v) is 8.25. The lowest BCUT2D eigenvalue weighted by Gasteiger charge is -2.12. The number of amides is 1. The highest BCUT2D eigenvalue weighted by molar-refractivity contribution is 9.10. The van der Waals surface area contributed by atoms with Gasteiger partial charge < -0.3 is 19.5 Å². The smallest absolute Gasteiger partial charge is 0.261 e. The van der Waals surface area contributed by atoms with Crippen molar-refractivity contribution in [3.63, 3.8) is 0 Å². The van der Waals surface area contributed by atoms with Gasteiger partial charge in [-0.3, -0.25) is 4.79 Å². The van der Waals surface area contributed by atoms with Crippen molar-refractivity contribution in [2.24, 2.45) is 0 Å². The molecule has 0 fully saturated rings. The van der Waals surface area contributed by atoms with Crippen molar-refractivity contribution in [1.29, 1.82) is 5.26 Å². The molecule has 1 aromatic rings. The number of carbonyl (C=O) groups is 1. The Labute approximate surface area is 150 Å². The lowest BCUT2D eigenvalue weighted by molar-refractivity contribution is -0.117. The maximum atomic E-state index is 12.0. The van der Waals surface area contributed by atoms with Crippen molar-refractivity contribution >= 4 is 27.9 Å². The summed E-state index contributed by atoms with van der Waals surface area (Å²) in [5.74, 6) is 0.688. The van der Waals surface area contributed by atoms with E-state index in [0.29, 0.717) is 47.7 Å². The van der Waals surface area contributed by atoms with Gasteiger partial charge in [0.2, 0.25) is 0 Å². The lowest BCUT2D eigenvalue weighted by atomic mass is 10.1. The molecule has 0 bridgehead atoms. The Hall–Kier alpha value is -2.04. The van der Waals surface area contributed by atoms with Crippen LogP contribution in [0, 0.1) is 11.3 Å². The Kier molecular flexibility index (Phi) is 8.90. The number of nitrogens with zero attached hydrogens (tertiary/aromatic N) is 1. The molecule has 0 heterocycles. The lowest BCUT2D eigenvalue weighted by Crippen LogP contribution is -2.26. The van der Waals surface area contributed by atoms with Crippen LogP contribution in [0.15, 0.2) is 22.2 Å². The molecular formula is C17H21BrN2O4. The van der Waals surface area contributed by atoms with E-state index in [2.05, 4.69) is 21.2 Å². The van der Waals surface area contributed by atoms with Gasteiger partial charge in [-0.05, 0) is 53.0 Å². The van der Waals surface area contributed by atoms with E-state index in [1.54, 1.807) is 19.2 Å². The van der Waals surface area contributed by atoms with Crippen LogP contribution in [0.1, 0.15) is 18.9 Å². The number of nitriles is 1. The third kappa shape index (κ3) is 5.87. The highest BCUT2D eigenvalue weighted by Crippen LogP contribution is 2.37. The highest BCUT2D eigenvalue weighted by Gasteiger charge is 2.13. The molecule has 0 unspecified atom stereocenters. The Balaban J connectivity index is 2.98. The zero-order chi connectivity index (χ0) is 17.9. The van der Waals surface area contributed by atoms with Gasteiger partial charge in [0.05, 0.1) is 18.2 Å². The van der Waals surface area contributed by atoms with E-state index < -0.39 is 5.91 Å². The standard InChI is InChI=1S/C17H21BrN2O4/c1-4-24-16-14(18)9-12(10-15(16)23-3)8-13(11-19)17(21)20-6-5-7-22-2/h8-10H,4-7H2,1-3H3,(H,20,21)/b13-8+. The Morgan fingerprint density at radius 3 is 2.75 bits per heavy atom. The summed E-state index contributed by atoms with van der Waals surface area (Å²) in [4.78, 5) is 12.0. The third-order valence-corrected chi connectivity index (χ3v) is 3.62. The molecule has 1 aromatic carbocycles. The number of carbonyl (C=O) groups excluding carboxylic acids is 1. The largest absolute Gasteiger partial charge is 0.493 e. The minimum atomic E-state index is -0.419. The molecule has 0 saturated heterocycles. The van der Waals surface area contributed by atoms with Gasteiger partial charge in [0.15, 0.2) is 11.5 Å². The van der Waals surface area contributed by atoms with Crippen LogP contribution < -0.4 is 14.8 Å². The Morgan fingerprint density at radius 1 is 1.42 bits per heavy atom. The number of halogens is 1. The number of hydrogen-bond donors (Lipinski definition) is 1. The fourth-order valence-electron chi connectivity index (χ4n) is 1.94. The fraction of sp³-hybridized carbons (Fsp3) is 0.412. The van der Waals surface area contributed by atoms with Gasteiger partial charge >= 0.3 is 0 Å². The van der Waals surface area contributed by atoms with E-state index in [-0.39, 0.29) is 5.57 Å². The maximum Gasteiger partial charge on any atom is 0.261 e. The molecule has 0 aliphatic carbocycles. The minimum Gasteiger partial charge on any atom is -0.493 e. The fourth-order valence-corrected chi connectivity index (χ4v) is 2.51. The van der Waals surface area contributed by atoms with Crippen LogP contribution in [-0.2, 0) is 9.53 Å². The SMILES string of the molecule is CCOc1c(Br)cc(/C=C(\C#N)C(=O)NCCCOC)cc1OC. The zero-order valence-corrected chi connectivity index (χ0v) is 15.6. The molecule has 0 atom stereocenters. The zero-order valence-electron chi connectivity index (χ0n) is 14.0. The molecule has 1 rings (SSSR count). The first-order chi connectivity index (χ1) is 11.6. The summed E-state index contributed by atoms with van der Waals surface area (Å²) in [6.45, 7) is 3.37. The molecule has 0 saturated carbocycles. The average Bonchev–Trinajstić information content (AvgIpc) is 2.58. The number of nitrogens with one attached hydrogen (secondary N) is 1. The summed E-state index contributed by atoms with van der Waals surface area (Å²) in [6.07, 6.45) is 2.19. The second kappa shape index (κ2) is 10.7. The van der Waals surface area contributed by atoms with Crippen LogP contribution in [0.4, 0.5) is 0 Å². The third-order valence-electron chi connectivity index (χ3n) is 3.03. The molecule has 0 aliphatic rings. The van der Waals surface area contributed by atoms with Crippen LogP contribution in [0.2, 0.25) is 0 Å². The summed E-state index contributed by atoms with van der Waals surface area (Å²) < 4.78 is 16.4. The van der Waals surface area contributed by atoms with Gasteiger partial charge in [-0.1, -0.05) is 0 Å². The second-order valence-corrected chi connectivity index (χ2v) is 5.59. The average molecular weight is 397 g/mol. The molecule has 1 amide bonds. The van der Waals surface area contributed by atoms with E-state index in [1.807, 2.05) is 13.0 Å². The van der Waals surface area contributed by atoms with Crippen LogP contribution in [0.25, 0.3) is 6.08 Å². The van der Waals surface area contributed by atoms with Crippen LogP contribution in [0.3, 0.4) is 0 Å². The topological polar surface area (TPSA) is 80.6 Å². The molecule has 0 spiro atoms. The summed E-state index contributed by atoms with van der Waals surface area (Å²) in [6, 6.07) is 5.40. The van der Waals surface area contributed by atoms with Crippen molar-refractivity contribution < 1.29 is 19.0 Å². The molecule has 6 nitrogen and oxygen atoms in total. The van der Waals surface area contributed by atoms with E-state index in [0.717, 1.165) is 0 Å². The maximum absolute atomic E-state index is 12.0. The van der Waals surface area contributed by atoms with Crippen molar-refractivity contribution in [3.05, 3.63) is 27.7 Å². The number of methoxy groups -OCH3 is 2. The predicted molar refractivity (Wildman–Crippen MR) is 95.0 cm³/mol. The molecule has 130 valence electrons. The number of hydrogen-bond acceptors (Lipinski definition) is 5. The van der Waals surface area contributed by atoms with Gasteiger partial charge in [0, 0.05) is 20.3 Å². The van der Waals surface area contributed by atoms with E-state index >= 15 is 0 Å². The first kappa shape index (κ1) is 20.0. The summed E-state index contributed by atoms with van der Waals surface area (Å²) in [7, 11) is 3.13. The highest BCUT2D eigenvalue weighted by atomic mass is 79.9. The monoisotopic (exact) mass is 396 g/mol. The van der Waals surface area contributed by atoms with E-state index in [9.17, 15) is 10.1 Å². The number of rotatable bonds is 9. The van der Waals surface area contributed by atoms with Crippen LogP contribution in [-0.4, -0.2) is 39.9 Å². The van der Waals surface area contributed by atoms with E-state index in [4.69, 9.17) is 14.2 Å². The van der Waals surface area contributed by atoms with Crippen molar-refractivity contribution in [1.82, 2.24) is 5.32 Å². The van der Waals surface area contributed by atoms with Gasteiger partial charge in [0.1, 0.15) is 11.6 Å². The summed E-state index contributed by atoms with van der Waals surface area (Å²) >= 11 is 3.42. The first-order valence-electron chi connectivity index (χ1n) is 7.46. The van der Waals surface area contributed by atoms with E-state index in [1.165, 1.54) is 13.2 Å². The predicted octanol–water partition coefficient (Wildman–Crippen LogP) is 2.92. The molecule has 1 N–H and O–H groups in total. The summed E-state index contributed by atoms with van der Waals surface area (Å²) in [5.41, 5.74) is 0.677. The van der Waals surface area contributed by atoms with Gasteiger partial charge in [0.25, 0.3) is 5.91 Å². The minimum absolute atomic E-state index is 0.0190. The van der Waals surface area contributed by atoms with Crippen molar-refractivity contribution in [2.45, 2.75) is 13.3 Å². The molecule has 0 aliphatic heterocycles. The molecule has 24 heavy (non-hydrogen) atoms. The van der Waals surface area contributed by atoms with Gasteiger partial charge in [-0.15, -0.1) is 0 Å². The molecule has 0 aromatic heterocycles. The van der Waals surface area contributed by atoms with Gasteiger partial charge in [-0.2, -0.15) is 5.26 Å². The molecular weight excluding hydrogens is 376 g/mol. The van der Waals surface area contributed by atoms with Crippen LogP contribution >= 0.6 is 15.9 Å². The second-order valence-electron chi connectivity index (χ2n) is 4.74. The van der Waals surface area contributed by atoms with Gasteiger partial charge in [-0.25, -0.2) is 0 Å². The Bertz CT molecular complexity index is 638. The van der Waals surface area contributed by atoms with Crippen LogP contribution in [0.5, 0.6) is 11.5 Å². The molecule has 7 heteroatoms. The normalized spacial score (nSPS) is 10.9. The summed E-state index contributed by atoms with van der Waals surface area (Å²) in [5, 5.41) is 11.9. The number of benzene rings is 1.